The van der Waals surface area contributed by atoms with Crippen molar-refractivity contribution in [1.29, 1.82) is 0 Å². The van der Waals surface area contributed by atoms with Crippen molar-refractivity contribution in [3.63, 3.8) is 0 Å². The molecule has 0 heterocycles. The first-order chi connectivity index (χ1) is 14.5. The summed E-state index contributed by atoms with van der Waals surface area (Å²) in [7, 11) is 1.43. The van der Waals surface area contributed by atoms with E-state index < -0.39 is 17.2 Å². The fourth-order valence-electron chi connectivity index (χ4n) is 3.60. The number of benzene rings is 2. The topological polar surface area (TPSA) is 86.7 Å². The first kappa shape index (κ1) is 22.4. The van der Waals surface area contributed by atoms with Crippen molar-refractivity contribution < 1.29 is 28.7 Å². The quantitative estimate of drug-likeness (QED) is 0.451. The molecular weight excluding hydrogens is 396 g/mol. The zero-order valence-corrected chi connectivity index (χ0v) is 18.7. The van der Waals surface area contributed by atoms with E-state index >= 15 is 0 Å². The summed E-state index contributed by atoms with van der Waals surface area (Å²) in [6.45, 7) is 8.38. The molecule has 2 aromatic carbocycles. The number of esters is 1. The van der Waals surface area contributed by atoms with Crippen LogP contribution in [0.2, 0.25) is 0 Å². The maximum atomic E-state index is 13.6. The van der Waals surface area contributed by atoms with Crippen molar-refractivity contribution in [2.75, 3.05) is 7.11 Å². The Hall–Kier alpha value is -3.28. The van der Waals surface area contributed by atoms with Gasteiger partial charge in [-0.1, -0.05) is 12.1 Å². The van der Waals surface area contributed by atoms with Crippen molar-refractivity contribution >= 4 is 23.3 Å². The summed E-state index contributed by atoms with van der Waals surface area (Å²) < 4.78 is 11.1. The number of carbonyl (C=O) groups excluding carboxylic acids is 4. The monoisotopic (exact) mass is 422 g/mol. The average molecular weight is 422 g/mol. The summed E-state index contributed by atoms with van der Waals surface area (Å²) in [6.07, 6.45) is 0.517. The molecule has 31 heavy (non-hydrogen) atoms. The molecule has 1 aliphatic rings. The van der Waals surface area contributed by atoms with Gasteiger partial charge in [0.05, 0.1) is 23.7 Å². The van der Waals surface area contributed by atoms with E-state index in [9.17, 15) is 19.2 Å². The van der Waals surface area contributed by atoms with Crippen molar-refractivity contribution in [2.45, 2.75) is 47.5 Å². The van der Waals surface area contributed by atoms with Crippen molar-refractivity contribution in [3.05, 3.63) is 57.6 Å². The highest BCUT2D eigenvalue weighted by molar-refractivity contribution is 6.30. The minimum atomic E-state index is -0.828. The van der Waals surface area contributed by atoms with E-state index in [-0.39, 0.29) is 51.7 Å². The summed E-state index contributed by atoms with van der Waals surface area (Å²) in [5.74, 6) is -0.998. The fraction of sp³-hybridized carbons (Fsp3) is 0.360. The lowest BCUT2D eigenvalue weighted by molar-refractivity contribution is -0.143. The maximum Gasteiger partial charge on any atom is 0.316 e. The zero-order chi connectivity index (χ0) is 23.1. The van der Waals surface area contributed by atoms with Crippen LogP contribution in [0.15, 0.2) is 24.3 Å². The predicted molar refractivity (Wildman–Crippen MR) is 115 cm³/mol. The number of ketones is 3. The van der Waals surface area contributed by atoms with Gasteiger partial charge in [0.25, 0.3) is 0 Å². The Labute approximate surface area is 181 Å². The van der Waals surface area contributed by atoms with Crippen LogP contribution < -0.4 is 9.47 Å². The Balaban J connectivity index is 2.30. The van der Waals surface area contributed by atoms with Crippen molar-refractivity contribution in [2.24, 2.45) is 5.41 Å². The number of hydrogen-bond acceptors (Lipinski definition) is 6. The van der Waals surface area contributed by atoms with Gasteiger partial charge in [-0.2, -0.15) is 0 Å². The van der Waals surface area contributed by atoms with Crippen LogP contribution in [0.1, 0.15) is 77.1 Å². The molecule has 6 heteroatoms. The zero-order valence-electron chi connectivity index (χ0n) is 18.7. The van der Waals surface area contributed by atoms with E-state index in [1.807, 2.05) is 0 Å². The Kier molecular flexibility index (Phi) is 5.85. The van der Waals surface area contributed by atoms with Crippen LogP contribution in [-0.2, 0) is 16.0 Å². The molecule has 162 valence electrons. The van der Waals surface area contributed by atoms with Crippen LogP contribution >= 0.6 is 0 Å². The third-order valence-electron chi connectivity index (χ3n) is 5.33. The second-order valence-electron chi connectivity index (χ2n) is 8.81. The molecule has 0 N–H and O–H groups in total. The SMILES string of the molecule is COc1cccc2c1C(=O)c1c(cc(C)c(CCC(C)=O)c1OC(=O)C(C)(C)C)C2=O. The standard InChI is InChI=1S/C25H26O6/c1-13-12-17-20(22(28)19-16(21(17)27)8-7-9-18(19)30-6)23(15(13)11-10-14(2)26)31-24(29)25(3,4)5/h7-9,12H,10-11H2,1-6H3. The van der Waals surface area contributed by atoms with Crippen LogP contribution in [0.25, 0.3) is 0 Å². The van der Waals surface area contributed by atoms with Gasteiger partial charge in [0.15, 0.2) is 5.78 Å². The Morgan fingerprint density at radius 3 is 2.26 bits per heavy atom. The van der Waals surface area contributed by atoms with Gasteiger partial charge in [-0.15, -0.1) is 0 Å². The first-order valence-corrected chi connectivity index (χ1v) is 10.1. The van der Waals surface area contributed by atoms with Crippen LogP contribution in [0.3, 0.4) is 0 Å². The molecule has 6 nitrogen and oxygen atoms in total. The molecule has 0 atom stereocenters. The predicted octanol–water partition coefficient (Wildman–Crippen LogP) is 4.25. The summed E-state index contributed by atoms with van der Waals surface area (Å²) in [5, 5.41) is 0. The lowest BCUT2D eigenvalue weighted by atomic mass is 9.80. The average Bonchev–Trinajstić information content (AvgIpc) is 2.69. The Morgan fingerprint density at radius 2 is 1.68 bits per heavy atom. The fourth-order valence-corrected chi connectivity index (χ4v) is 3.60. The molecule has 1 aliphatic carbocycles. The highest BCUT2D eigenvalue weighted by Crippen LogP contribution is 2.41. The third-order valence-corrected chi connectivity index (χ3v) is 5.33. The first-order valence-electron chi connectivity index (χ1n) is 10.1. The normalized spacial score (nSPS) is 12.8. The van der Waals surface area contributed by atoms with Crippen LogP contribution in [0.4, 0.5) is 0 Å². The van der Waals surface area contributed by atoms with Gasteiger partial charge in [-0.25, -0.2) is 0 Å². The van der Waals surface area contributed by atoms with Crippen molar-refractivity contribution in [1.82, 2.24) is 0 Å². The van der Waals surface area contributed by atoms with E-state index in [0.717, 1.165) is 0 Å². The molecule has 0 aromatic heterocycles. The van der Waals surface area contributed by atoms with E-state index in [0.29, 0.717) is 17.5 Å². The Bertz CT molecular complexity index is 1120. The Morgan fingerprint density at radius 1 is 1.00 bits per heavy atom. The molecule has 0 aliphatic heterocycles. The van der Waals surface area contributed by atoms with Gasteiger partial charge in [0, 0.05) is 17.5 Å². The number of aryl methyl sites for hydroxylation is 1. The molecule has 0 radical (unpaired) electrons. The molecular formula is C25H26O6. The van der Waals surface area contributed by atoms with Crippen LogP contribution in [-0.4, -0.2) is 30.4 Å². The number of Topliss-reactive ketones (excluding diaryl/α,β-unsaturated/α-hetero) is 1. The van der Waals surface area contributed by atoms with Gasteiger partial charge >= 0.3 is 5.97 Å². The van der Waals surface area contributed by atoms with Gasteiger partial charge in [0.1, 0.15) is 17.3 Å². The number of hydrogen-bond donors (Lipinski definition) is 0. The lowest BCUT2D eigenvalue weighted by Gasteiger charge is -2.26. The minimum absolute atomic E-state index is 0.0281. The summed E-state index contributed by atoms with van der Waals surface area (Å²) >= 11 is 0. The van der Waals surface area contributed by atoms with Gasteiger partial charge < -0.3 is 14.3 Å². The maximum absolute atomic E-state index is 13.6. The molecule has 0 saturated carbocycles. The largest absolute Gasteiger partial charge is 0.496 e. The van der Waals surface area contributed by atoms with Gasteiger partial charge in [0.2, 0.25) is 5.78 Å². The molecule has 2 aromatic rings. The second kappa shape index (κ2) is 8.10. The molecule has 0 unspecified atom stereocenters. The number of ether oxygens (including phenoxy) is 2. The van der Waals surface area contributed by atoms with Gasteiger partial charge in [-0.05, 0) is 64.3 Å². The van der Waals surface area contributed by atoms with E-state index in [2.05, 4.69) is 0 Å². The van der Waals surface area contributed by atoms with E-state index in [1.165, 1.54) is 14.0 Å². The van der Waals surface area contributed by atoms with Crippen LogP contribution in [0.5, 0.6) is 11.5 Å². The highest BCUT2D eigenvalue weighted by atomic mass is 16.5. The van der Waals surface area contributed by atoms with E-state index in [4.69, 9.17) is 9.47 Å². The van der Waals surface area contributed by atoms with Gasteiger partial charge in [-0.3, -0.25) is 14.4 Å². The summed E-state index contributed by atoms with van der Waals surface area (Å²) in [6, 6.07) is 6.49. The summed E-state index contributed by atoms with van der Waals surface area (Å²) in [5.41, 5.74) is 1.06. The smallest absolute Gasteiger partial charge is 0.316 e. The molecule has 3 rings (SSSR count). The number of fused-ring (bicyclic) bond motifs is 2. The number of carbonyl (C=O) groups is 4. The minimum Gasteiger partial charge on any atom is -0.496 e. The molecule has 0 amide bonds. The lowest BCUT2D eigenvalue weighted by Crippen LogP contribution is -2.29. The number of methoxy groups -OCH3 is 1. The van der Waals surface area contributed by atoms with E-state index in [1.54, 1.807) is 52.0 Å². The summed E-state index contributed by atoms with van der Waals surface area (Å²) in [4.78, 5) is 51.3. The van der Waals surface area contributed by atoms with Crippen LogP contribution in [0, 0.1) is 12.3 Å². The molecule has 0 saturated heterocycles. The molecule has 0 spiro atoms. The third kappa shape index (κ3) is 4.02. The number of rotatable bonds is 5. The molecule has 0 fully saturated rings. The molecule has 0 bridgehead atoms. The highest BCUT2D eigenvalue weighted by Gasteiger charge is 2.38. The second-order valence-corrected chi connectivity index (χ2v) is 8.81. The van der Waals surface area contributed by atoms with Crippen molar-refractivity contribution in [3.8, 4) is 11.5 Å².